The van der Waals surface area contributed by atoms with Gasteiger partial charge in [-0.3, -0.25) is 4.79 Å². The first-order valence-electron chi connectivity index (χ1n) is 9.26. The highest BCUT2D eigenvalue weighted by Gasteiger charge is 2.17. The second-order valence-electron chi connectivity index (χ2n) is 6.98. The molecule has 1 heterocycles. The fourth-order valence-electron chi connectivity index (χ4n) is 3.25. The number of carbonyl (C=O) groups is 1. The maximum absolute atomic E-state index is 12.4. The quantitative estimate of drug-likeness (QED) is 0.797. The highest BCUT2D eigenvalue weighted by atomic mass is 35.5. The van der Waals surface area contributed by atoms with Gasteiger partial charge in [-0.25, -0.2) is 0 Å². The normalized spacial score (nSPS) is 15.7. The average molecular weight is 384 g/mol. The van der Waals surface area contributed by atoms with Crippen LogP contribution in [0.1, 0.15) is 18.1 Å². The van der Waals surface area contributed by atoms with Gasteiger partial charge in [-0.2, -0.15) is 0 Å². The Balaban J connectivity index is 1.68. The first-order valence-corrected chi connectivity index (χ1v) is 9.64. The number of rotatable bonds is 5. The molecule has 0 unspecified atom stereocenters. The molecule has 2 aromatic carbocycles. The van der Waals surface area contributed by atoms with Gasteiger partial charge in [-0.05, 0) is 43.3 Å². The maximum atomic E-state index is 12.4. The van der Waals surface area contributed by atoms with Crippen molar-refractivity contribution in [1.29, 1.82) is 0 Å². The van der Waals surface area contributed by atoms with E-state index in [4.69, 9.17) is 11.6 Å². The number of benzene rings is 2. The Morgan fingerprint density at radius 3 is 2.44 bits per heavy atom. The van der Waals surface area contributed by atoms with Gasteiger partial charge in [0.2, 0.25) is 5.91 Å². The molecule has 1 fully saturated rings. The number of likely N-dealkylation sites (N-methyl/N-ethyl adjacent to an activating group) is 1. The minimum absolute atomic E-state index is 0.0874. The van der Waals surface area contributed by atoms with Crippen molar-refractivity contribution in [3.05, 3.63) is 70.8 Å². The van der Waals surface area contributed by atoms with Crippen LogP contribution in [0.25, 0.3) is 5.57 Å². The summed E-state index contributed by atoms with van der Waals surface area (Å²) >= 11 is 5.89. The minimum Gasteiger partial charge on any atom is -0.368 e. The zero-order chi connectivity index (χ0) is 19.2. The van der Waals surface area contributed by atoms with Crippen molar-refractivity contribution in [3.8, 4) is 0 Å². The van der Waals surface area contributed by atoms with Crippen molar-refractivity contribution < 1.29 is 4.79 Å². The summed E-state index contributed by atoms with van der Waals surface area (Å²) in [6.07, 6.45) is 1.69. The summed E-state index contributed by atoms with van der Waals surface area (Å²) in [4.78, 5) is 17.1. The molecule has 0 spiro atoms. The van der Waals surface area contributed by atoms with Crippen LogP contribution < -0.4 is 10.2 Å². The SMILES string of the molecule is CC(=CC(=O)NCc1ccc(Cl)cc1)c1ccccc1N1CCN(C)CC1. The summed E-state index contributed by atoms with van der Waals surface area (Å²) < 4.78 is 0. The summed E-state index contributed by atoms with van der Waals surface area (Å²) in [5.41, 5.74) is 4.31. The molecule has 27 heavy (non-hydrogen) atoms. The molecule has 2 aromatic rings. The van der Waals surface area contributed by atoms with Crippen LogP contribution >= 0.6 is 11.6 Å². The Labute approximate surface area is 166 Å². The highest BCUT2D eigenvalue weighted by molar-refractivity contribution is 6.30. The number of piperazine rings is 1. The van der Waals surface area contributed by atoms with Crippen LogP contribution in [-0.2, 0) is 11.3 Å². The van der Waals surface area contributed by atoms with Crippen LogP contribution in [0.4, 0.5) is 5.69 Å². The molecule has 0 bridgehead atoms. The van der Waals surface area contributed by atoms with E-state index in [9.17, 15) is 4.79 Å². The lowest BCUT2D eigenvalue weighted by molar-refractivity contribution is -0.116. The Morgan fingerprint density at radius 1 is 1.07 bits per heavy atom. The molecular formula is C22H26ClN3O. The minimum atomic E-state index is -0.0874. The summed E-state index contributed by atoms with van der Waals surface area (Å²) in [6.45, 7) is 6.60. The fraction of sp³-hybridized carbons (Fsp3) is 0.318. The molecule has 1 amide bonds. The van der Waals surface area contributed by atoms with Gasteiger partial charge in [0.25, 0.3) is 0 Å². The number of amides is 1. The molecule has 3 rings (SSSR count). The van der Waals surface area contributed by atoms with Gasteiger partial charge in [-0.15, -0.1) is 0 Å². The fourth-order valence-corrected chi connectivity index (χ4v) is 3.37. The third kappa shape index (κ3) is 5.34. The molecular weight excluding hydrogens is 358 g/mol. The standard InChI is InChI=1S/C22H26ClN3O/c1-17(15-22(27)24-16-18-7-9-19(23)10-8-18)20-5-3-4-6-21(20)26-13-11-25(2)12-14-26/h3-10,15H,11-14,16H2,1-2H3,(H,24,27). The summed E-state index contributed by atoms with van der Waals surface area (Å²) in [5, 5.41) is 3.64. The van der Waals surface area contributed by atoms with E-state index in [2.05, 4.69) is 40.4 Å². The van der Waals surface area contributed by atoms with Crippen LogP contribution in [0.3, 0.4) is 0 Å². The number of para-hydroxylation sites is 1. The first kappa shape index (κ1) is 19.5. The molecule has 4 nitrogen and oxygen atoms in total. The third-order valence-electron chi connectivity index (χ3n) is 4.90. The predicted octanol–water partition coefficient (Wildman–Crippen LogP) is 3.81. The lowest BCUT2D eigenvalue weighted by Crippen LogP contribution is -2.44. The number of hydrogen-bond acceptors (Lipinski definition) is 3. The van der Waals surface area contributed by atoms with Gasteiger partial charge in [-0.1, -0.05) is 41.9 Å². The second-order valence-corrected chi connectivity index (χ2v) is 7.42. The number of halogens is 1. The average Bonchev–Trinajstić information content (AvgIpc) is 2.68. The number of carbonyl (C=O) groups excluding carboxylic acids is 1. The number of allylic oxidation sites excluding steroid dienone is 1. The number of hydrogen-bond donors (Lipinski definition) is 1. The van der Waals surface area contributed by atoms with E-state index in [1.54, 1.807) is 6.08 Å². The topological polar surface area (TPSA) is 35.6 Å². The second kappa shape index (κ2) is 9.07. The summed E-state index contributed by atoms with van der Waals surface area (Å²) in [7, 11) is 2.15. The van der Waals surface area contributed by atoms with Gasteiger partial charge < -0.3 is 15.1 Å². The molecule has 0 atom stereocenters. The molecule has 0 aliphatic carbocycles. The molecule has 0 aromatic heterocycles. The van der Waals surface area contributed by atoms with Gasteiger partial charge in [0.1, 0.15) is 0 Å². The van der Waals surface area contributed by atoms with Crippen LogP contribution in [0.15, 0.2) is 54.6 Å². The van der Waals surface area contributed by atoms with Crippen molar-refractivity contribution in [3.63, 3.8) is 0 Å². The Morgan fingerprint density at radius 2 is 1.74 bits per heavy atom. The lowest BCUT2D eigenvalue weighted by atomic mass is 10.0. The van der Waals surface area contributed by atoms with Gasteiger partial charge >= 0.3 is 0 Å². The van der Waals surface area contributed by atoms with E-state index in [1.165, 1.54) is 5.69 Å². The molecule has 1 saturated heterocycles. The maximum Gasteiger partial charge on any atom is 0.244 e. The molecule has 142 valence electrons. The Kier molecular flexibility index (Phi) is 6.54. The van der Waals surface area contributed by atoms with Crippen molar-refractivity contribution in [2.45, 2.75) is 13.5 Å². The van der Waals surface area contributed by atoms with Crippen molar-refractivity contribution >= 4 is 28.8 Å². The largest absolute Gasteiger partial charge is 0.368 e. The van der Waals surface area contributed by atoms with Crippen molar-refractivity contribution in [1.82, 2.24) is 10.2 Å². The van der Waals surface area contributed by atoms with E-state index in [-0.39, 0.29) is 5.91 Å². The Hall–Kier alpha value is -2.30. The summed E-state index contributed by atoms with van der Waals surface area (Å²) in [6, 6.07) is 15.8. The molecule has 1 aliphatic heterocycles. The smallest absolute Gasteiger partial charge is 0.244 e. The molecule has 5 heteroatoms. The monoisotopic (exact) mass is 383 g/mol. The third-order valence-corrected chi connectivity index (χ3v) is 5.15. The molecule has 0 radical (unpaired) electrons. The van der Waals surface area contributed by atoms with E-state index in [1.807, 2.05) is 37.3 Å². The summed E-state index contributed by atoms with van der Waals surface area (Å²) in [5.74, 6) is -0.0874. The zero-order valence-electron chi connectivity index (χ0n) is 15.9. The van der Waals surface area contributed by atoms with Gasteiger partial charge in [0, 0.05) is 55.1 Å². The van der Waals surface area contributed by atoms with E-state index < -0.39 is 0 Å². The molecule has 0 saturated carbocycles. The Bertz CT molecular complexity index is 809. The molecule has 1 N–H and O–H groups in total. The zero-order valence-corrected chi connectivity index (χ0v) is 16.7. The number of anilines is 1. The van der Waals surface area contributed by atoms with E-state index >= 15 is 0 Å². The van der Waals surface area contributed by atoms with Crippen LogP contribution in [0, 0.1) is 0 Å². The van der Waals surface area contributed by atoms with E-state index in [0.29, 0.717) is 11.6 Å². The van der Waals surface area contributed by atoms with E-state index in [0.717, 1.165) is 42.9 Å². The van der Waals surface area contributed by atoms with Crippen LogP contribution in [-0.4, -0.2) is 44.0 Å². The lowest BCUT2D eigenvalue weighted by Gasteiger charge is -2.35. The van der Waals surface area contributed by atoms with Gasteiger partial charge in [0.15, 0.2) is 0 Å². The number of nitrogens with zero attached hydrogens (tertiary/aromatic N) is 2. The first-order chi connectivity index (χ1) is 13.0. The van der Waals surface area contributed by atoms with Crippen LogP contribution in [0.2, 0.25) is 5.02 Å². The van der Waals surface area contributed by atoms with Gasteiger partial charge in [0.05, 0.1) is 0 Å². The number of nitrogens with one attached hydrogen (secondary N) is 1. The van der Waals surface area contributed by atoms with Crippen molar-refractivity contribution in [2.24, 2.45) is 0 Å². The van der Waals surface area contributed by atoms with Crippen molar-refractivity contribution in [2.75, 3.05) is 38.1 Å². The molecule has 1 aliphatic rings. The highest BCUT2D eigenvalue weighted by Crippen LogP contribution is 2.27. The van der Waals surface area contributed by atoms with Crippen LogP contribution in [0.5, 0.6) is 0 Å². The predicted molar refractivity (Wildman–Crippen MR) is 113 cm³/mol.